The first kappa shape index (κ1) is 9.58. The highest BCUT2D eigenvalue weighted by atomic mass is 16.5. The molecule has 76 valence electrons. The van der Waals surface area contributed by atoms with Crippen molar-refractivity contribution in [3.8, 4) is 0 Å². The Balaban J connectivity index is 1.82. The van der Waals surface area contributed by atoms with Crippen molar-refractivity contribution in [2.24, 2.45) is 0 Å². The summed E-state index contributed by atoms with van der Waals surface area (Å²) < 4.78 is 5.12. The maximum absolute atomic E-state index is 9.46. The second-order valence-corrected chi connectivity index (χ2v) is 3.41. The van der Waals surface area contributed by atoms with Gasteiger partial charge >= 0.3 is 0 Å². The number of nitrogens with one attached hydrogen (secondary N) is 1. The van der Waals surface area contributed by atoms with Crippen LogP contribution in [0.15, 0.2) is 24.4 Å². The van der Waals surface area contributed by atoms with E-state index in [1.807, 2.05) is 18.2 Å². The van der Waals surface area contributed by atoms with Crippen LogP contribution in [0.5, 0.6) is 0 Å². The van der Waals surface area contributed by atoms with E-state index >= 15 is 0 Å². The van der Waals surface area contributed by atoms with Crippen molar-refractivity contribution in [2.45, 2.75) is 18.7 Å². The highest BCUT2D eigenvalue weighted by Crippen LogP contribution is 2.05. The van der Waals surface area contributed by atoms with Crippen LogP contribution in [-0.4, -0.2) is 35.5 Å². The fourth-order valence-corrected chi connectivity index (χ4v) is 1.48. The molecule has 1 aliphatic rings. The molecule has 14 heavy (non-hydrogen) atoms. The lowest BCUT2D eigenvalue weighted by Gasteiger charge is -2.13. The van der Waals surface area contributed by atoms with Gasteiger partial charge in [-0.05, 0) is 12.1 Å². The summed E-state index contributed by atoms with van der Waals surface area (Å²) in [6, 6.07) is 5.83. The van der Waals surface area contributed by atoms with Crippen molar-refractivity contribution in [2.75, 3.05) is 13.2 Å². The van der Waals surface area contributed by atoms with Gasteiger partial charge in [-0.15, -0.1) is 0 Å². The van der Waals surface area contributed by atoms with Gasteiger partial charge in [0.15, 0.2) is 0 Å². The Kier molecular flexibility index (Phi) is 3.08. The Labute approximate surface area is 82.9 Å². The summed E-state index contributed by atoms with van der Waals surface area (Å²) in [5, 5.41) is 12.7. The van der Waals surface area contributed by atoms with Gasteiger partial charge in [0.25, 0.3) is 0 Å². The van der Waals surface area contributed by atoms with E-state index in [0.29, 0.717) is 19.8 Å². The van der Waals surface area contributed by atoms with E-state index in [2.05, 4.69) is 10.3 Å². The van der Waals surface area contributed by atoms with Crippen LogP contribution in [0.25, 0.3) is 0 Å². The van der Waals surface area contributed by atoms with Gasteiger partial charge in [0.2, 0.25) is 0 Å². The predicted molar refractivity (Wildman–Crippen MR) is 51.7 cm³/mol. The second kappa shape index (κ2) is 4.50. The molecule has 0 unspecified atom stereocenters. The van der Waals surface area contributed by atoms with Gasteiger partial charge in [0.1, 0.15) is 0 Å². The van der Waals surface area contributed by atoms with Gasteiger partial charge in [-0.25, -0.2) is 0 Å². The molecule has 0 aromatic carbocycles. The van der Waals surface area contributed by atoms with E-state index < -0.39 is 6.10 Å². The van der Waals surface area contributed by atoms with Crippen LogP contribution in [-0.2, 0) is 11.3 Å². The number of ether oxygens (including phenoxy) is 1. The van der Waals surface area contributed by atoms with E-state index in [-0.39, 0.29) is 6.04 Å². The summed E-state index contributed by atoms with van der Waals surface area (Å²) in [7, 11) is 0. The van der Waals surface area contributed by atoms with Crippen LogP contribution in [0.3, 0.4) is 0 Å². The number of hydrogen-bond donors (Lipinski definition) is 2. The van der Waals surface area contributed by atoms with Gasteiger partial charge in [0.05, 0.1) is 31.1 Å². The fraction of sp³-hybridized carbons (Fsp3) is 0.500. The standard InChI is InChI=1S/C10H14N2O2/c13-10-7-14-6-9(10)12-5-8-3-1-2-4-11-8/h1-4,9-10,12-13H,5-7H2/t9-,10-/m1/s1. The third-order valence-corrected chi connectivity index (χ3v) is 2.32. The molecule has 0 spiro atoms. The molecule has 0 saturated carbocycles. The normalized spacial score (nSPS) is 26.6. The molecule has 1 aromatic rings. The van der Waals surface area contributed by atoms with Gasteiger partial charge < -0.3 is 15.2 Å². The van der Waals surface area contributed by atoms with Crippen LogP contribution in [0.2, 0.25) is 0 Å². The van der Waals surface area contributed by atoms with E-state index in [1.165, 1.54) is 0 Å². The molecule has 1 fully saturated rings. The molecule has 2 rings (SSSR count). The first-order valence-corrected chi connectivity index (χ1v) is 4.75. The Morgan fingerprint density at radius 3 is 3.07 bits per heavy atom. The molecule has 4 heteroatoms. The maximum Gasteiger partial charge on any atom is 0.0948 e. The first-order valence-electron chi connectivity index (χ1n) is 4.75. The molecule has 0 aliphatic carbocycles. The van der Waals surface area contributed by atoms with Gasteiger partial charge in [-0.3, -0.25) is 4.98 Å². The summed E-state index contributed by atoms with van der Waals surface area (Å²) in [6.07, 6.45) is 1.37. The largest absolute Gasteiger partial charge is 0.389 e. The average molecular weight is 194 g/mol. The van der Waals surface area contributed by atoms with Gasteiger partial charge in [-0.2, -0.15) is 0 Å². The molecular formula is C10H14N2O2. The number of pyridine rings is 1. The molecule has 2 N–H and O–H groups in total. The van der Waals surface area contributed by atoms with Crippen molar-refractivity contribution >= 4 is 0 Å². The fourth-order valence-electron chi connectivity index (χ4n) is 1.48. The zero-order chi connectivity index (χ0) is 9.80. The lowest BCUT2D eigenvalue weighted by atomic mass is 10.2. The molecular weight excluding hydrogens is 180 g/mol. The molecule has 2 atom stereocenters. The monoisotopic (exact) mass is 194 g/mol. The molecule has 2 heterocycles. The number of aromatic nitrogens is 1. The van der Waals surface area contributed by atoms with Crippen molar-refractivity contribution in [1.29, 1.82) is 0 Å². The van der Waals surface area contributed by atoms with Gasteiger partial charge in [0, 0.05) is 12.7 Å². The van der Waals surface area contributed by atoms with Crippen LogP contribution in [0.1, 0.15) is 5.69 Å². The average Bonchev–Trinajstić information content (AvgIpc) is 2.63. The smallest absolute Gasteiger partial charge is 0.0948 e. The van der Waals surface area contributed by atoms with Crippen LogP contribution in [0, 0.1) is 0 Å². The highest BCUT2D eigenvalue weighted by molar-refractivity contribution is 5.03. The van der Waals surface area contributed by atoms with Gasteiger partial charge in [-0.1, -0.05) is 6.07 Å². The summed E-state index contributed by atoms with van der Waals surface area (Å²) in [5.74, 6) is 0. The quantitative estimate of drug-likeness (QED) is 0.707. The van der Waals surface area contributed by atoms with E-state index in [1.54, 1.807) is 6.20 Å². The molecule has 0 radical (unpaired) electrons. The minimum absolute atomic E-state index is 0.0389. The number of rotatable bonds is 3. The number of aliphatic hydroxyl groups is 1. The molecule has 0 bridgehead atoms. The Hall–Kier alpha value is -0.970. The Bertz CT molecular complexity index is 279. The predicted octanol–water partition coefficient (Wildman–Crippen LogP) is -0.0691. The molecule has 0 amide bonds. The molecule has 1 aromatic heterocycles. The number of aliphatic hydroxyl groups excluding tert-OH is 1. The maximum atomic E-state index is 9.46. The topological polar surface area (TPSA) is 54.4 Å². The second-order valence-electron chi connectivity index (χ2n) is 3.41. The third kappa shape index (κ3) is 2.29. The number of nitrogens with zero attached hydrogens (tertiary/aromatic N) is 1. The van der Waals surface area contributed by atoms with Crippen molar-refractivity contribution in [3.05, 3.63) is 30.1 Å². The molecule has 1 aliphatic heterocycles. The Morgan fingerprint density at radius 1 is 1.50 bits per heavy atom. The SMILES string of the molecule is O[C@@H]1COC[C@H]1NCc1ccccn1. The lowest BCUT2D eigenvalue weighted by Crippen LogP contribution is -2.38. The van der Waals surface area contributed by atoms with Crippen LogP contribution in [0.4, 0.5) is 0 Å². The summed E-state index contributed by atoms with van der Waals surface area (Å²) in [5.41, 5.74) is 0.978. The molecule has 1 saturated heterocycles. The zero-order valence-electron chi connectivity index (χ0n) is 7.89. The Morgan fingerprint density at radius 2 is 2.43 bits per heavy atom. The van der Waals surface area contributed by atoms with E-state index in [9.17, 15) is 5.11 Å². The lowest BCUT2D eigenvalue weighted by molar-refractivity contribution is 0.122. The highest BCUT2D eigenvalue weighted by Gasteiger charge is 2.25. The summed E-state index contributed by atoms with van der Waals surface area (Å²) >= 11 is 0. The van der Waals surface area contributed by atoms with Crippen LogP contribution >= 0.6 is 0 Å². The zero-order valence-corrected chi connectivity index (χ0v) is 7.89. The number of hydrogen-bond acceptors (Lipinski definition) is 4. The van der Waals surface area contributed by atoms with Crippen molar-refractivity contribution < 1.29 is 9.84 Å². The summed E-state index contributed by atoms with van der Waals surface area (Å²) in [4.78, 5) is 4.18. The minimum atomic E-state index is -0.390. The third-order valence-electron chi connectivity index (χ3n) is 2.32. The minimum Gasteiger partial charge on any atom is -0.389 e. The molecule has 4 nitrogen and oxygen atoms in total. The first-order chi connectivity index (χ1) is 6.86. The van der Waals surface area contributed by atoms with Crippen molar-refractivity contribution in [1.82, 2.24) is 10.3 Å². The van der Waals surface area contributed by atoms with E-state index in [4.69, 9.17) is 4.74 Å². The summed E-state index contributed by atoms with van der Waals surface area (Å²) in [6.45, 7) is 1.68. The van der Waals surface area contributed by atoms with Crippen molar-refractivity contribution in [3.63, 3.8) is 0 Å². The van der Waals surface area contributed by atoms with Crippen LogP contribution < -0.4 is 5.32 Å². The van der Waals surface area contributed by atoms with E-state index in [0.717, 1.165) is 5.69 Å².